The first-order chi connectivity index (χ1) is 7.19. The second-order valence-corrected chi connectivity index (χ2v) is 4.01. The highest BCUT2D eigenvalue weighted by molar-refractivity contribution is 5.38. The van der Waals surface area contributed by atoms with Crippen LogP contribution < -0.4 is 10.1 Å². The van der Waals surface area contributed by atoms with E-state index in [2.05, 4.69) is 44.3 Å². The van der Waals surface area contributed by atoms with Crippen molar-refractivity contribution in [3.8, 4) is 5.75 Å². The van der Waals surface area contributed by atoms with Crippen LogP contribution >= 0.6 is 0 Å². The minimum atomic E-state index is 0.548. The third-order valence-electron chi connectivity index (χ3n) is 2.54. The van der Waals surface area contributed by atoms with Crippen LogP contribution in [0.25, 0.3) is 0 Å². The molecule has 0 aliphatic rings. The van der Waals surface area contributed by atoms with Gasteiger partial charge in [-0.25, -0.2) is 0 Å². The van der Waals surface area contributed by atoms with Gasteiger partial charge in [0, 0.05) is 12.1 Å². The van der Waals surface area contributed by atoms with E-state index in [4.69, 9.17) is 4.74 Å². The number of rotatable bonds is 5. The summed E-state index contributed by atoms with van der Waals surface area (Å²) in [5, 5.41) is 3.31. The maximum absolute atomic E-state index is 5.39. The molecule has 0 heterocycles. The maximum atomic E-state index is 5.39. The van der Waals surface area contributed by atoms with Crippen LogP contribution in [0.2, 0.25) is 0 Å². The molecule has 0 saturated heterocycles. The molecule has 84 valence electrons. The van der Waals surface area contributed by atoms with Gasteiger partial charge >= 0.3 is 0 Å². The van der Waals surface area contributed by atoms with Crippen LogP contribution in [0.4, 0.5) is 0 Å². The van der Waals surface area contributed by atoms with Gasteiger partial charge in [-0.1, -0.05) is 32.9 Å². The monoisotopic (exact) mass is 207 g/mol. The Labute approximate surface area is 92.6 Å². The average molecular weight is 207 g/mol. The molecule has 0 aliphatic heterocycles. The quantitative estimate of drug-likeness (QED) is 0.801. The summed E-state index contributed by atoms with van der Waals surface area (Å²) < 4.78 is 5.39. The predicted octanol–water partition coefficient (Wildman–Crippen LogP) is 2.93. The number of hydrogen-bond donors (Lipinski definition) is 1. The molecule has 0 atom stereocenters. The number of ether oxygens (including phenoxy) is 1. The minimum absolute atomic E-state index is 0.548. The topological polar surface area (TPSA) is 21.3 Å². The molecule has 0 radical (unpaired) electrons. The van der Waals surface area contributed by atoms with Gasteiger partial charge in [0.05, 0.1) is 7.11 Å². The molecule has 2 heteroatoms. The fourth-order valence-electron chi connectivity index (χ4n) is 1.53. The van der Waals surface area contributed by atoms with Crippen LogP contribution in [0.15, 0.2) is 18.2 Å². The van der Waals surface area contributed by atoms with Gasteiger partial charge in [-0.05, 0) is 24.1 Å². The lowest BCUT2D eigenvalue weighted by Crippen LogP contribution is -2.12. The van der Waals surface area contributed by atoms with Crippen LogP contribution in [0.5, 0.6) is 5.75 Å². The Morgan fingerprint density at radius 1 is 1.33 bits per heavy atom. The van der Waals surface area contributed by atoms with E-state index in [-0.39, 0.29) is 0 Å². The van der Waals surface area contributed by atoms with Gasteiger partial charge in [0.25, 0.3) is 0 Å². The van der Waals surface area contributed by atoms with E-state index in [1.807, 2.05) is 0 Å². The van der Waals surface area contributed by atoms with Gasteiger partial charge in [-0.3, -0.25) is 0 Å². The molecule has 0 unspecified atom stereocenters. The number of benzene rings is 1. The first kappa shape index (κ1) is 12.1. The molecule has 1 N–H and O–H groups in total. The van der Waals surface area contributed by atoms with Gasteiger partial charge in [0.2, 0.25) is 0 Å². The van der Waals surface area contributed by atoms with Crippen molar-refractivity contribution >= 4 is 0 Å². The molecule has 1 aromatic carbocycles. The molecule has 0 bridgehead atoms. The van der Waals surface area contributed by atoms with E-state index >= 15 is 0 Å². The van der Waals surface area contributed by atoms with Crippen molar-refractivity contribution in [2.45, 2.75) is 33.2 Å². The highest BCUT2D eigenvalue weighted by Gasteiger charge is 2.05. The fourth-order valence-corrected chi connectivity index (χ4v) is 1.53. The third-order valence-corrected chi connectivity index (χ3v) is 2.54. The zero-order valence-electron chi connectivity index (χ0n) is 10.1. The third kappa shape index (κ3) is 3.24. The van der Waals surface area contributed by atoms with Crippen LogP contribution in [-0.4, -0.2) is 13.7 Å². The Morgan fingerprint density at radius 2 is 2.07 bits per heavy atom. The summed E-state index contributed by atoms with van der Waals surface area (Å²) in [4.78, 5) is 0. The summed E-state index contributed by atoms with van der Waals surface area (Å²) in [6, 6.07) is 6.47. The van der Waals surface area contributed by atoms with Crippen LogP contribution in [-0.2, 0) is 6.54 Å². The van der Waals surface area contributed by atoms with Gasteiger partial charge < -0.3 is 10.1 Å². The van der Waals surface area contributed by atoms with Crippen molar-refractivity contribution in [2.75, 3.05) is 13.7 Å². The van der Waals surface area contributed by atoms with E-state index in [0.29, 0.717) is 5.92 Å². The van der Waals surface area contributed by atoms with Gasteiger partial charge in [0.1, 0.15) is 5.75 Å². The number of nitrogens with one attached hydrogen (secondary N) is 1. The lowest BCUT2D eigenvalue weighted by molar-refractivity contribution is 0.407. The summed E-state index contributed by atoms with van der Waals surface area (Å²) >= 11 is 0. The molecule has 0 amide bonds. The van der Waals surface area contributed by atoms with E-state index in [0.717, 1.165) is 18.8 Å². The van der Waals surface area contributed by atoms with Gasteiger partial charge in [0.15, 0.2) is 0 Å². The van der Waals surface area contributed by atoms with Crippen molar-refractivity contribution in [3.63, 3.8) is 0 Å². The first-order valence-corrected chi connectivity index (χ1v) is 5.56. The van der Waals surface area contributed by atoms with Crippen LogP contribution in [0.1, 0.15) is 37.8 Å². The maximum Gasteiger partial charge on any atom is 0.123 e. The molecule has 0 aliphatic carbocycles. The predicted molar refractivity (Wildman–Crippen MR) is 64.5 cm³/mol. The Balaban J connectivity index is 2.88. The molecule has 2 nitrogen and oxygen atoms in total. The lowest BCUT2D eigenvalue weighted by atomic mass is 10.0. The Hall–Kier alpha value is -1.02. The first-order valence-electron chi connectivity index (χ1n) is 5.56. The van der Waals surface area contributed by atoms with E-state index < -0.39 is 0 Å². The van der Waals surface area contributed by atoms with Crippen molar-refractivity contribution < 1.29 is 4.74 Å². The standard InChI is InChI=1S/C13H21NO/c1-5-14-9-12-7-6-11(10(2)3)8-13(12)15-4/h6-8,10,14H,5,9H2,1-4H3. The molecule has 1 rings (SSSR count). The van der Waals surface area contributed by atoms with E-state index in [1.54, 1.807) is 7.11 Å². The van der Waals surface area contributed by atoms with Crippen molar-refractivity contribution in [2.24, 2.45) is 0 Å². The molecule has 1 aromatic rings. The SMILES string of the molecule is CCNCc1ccc(C(C)C)cc1OC. The summed E-state index contributed by atoms with van der Waals surface area (Å²) in [5.74, 6) is 1.54. The Bertz CT molecular complexity index is 307. The fraction of sp³-hybridized carbons (Fsp3) is 0.538. The zero-order valence-corrected chi connectivity index (χ0v) is 10.1. The summed E-state index contributed by atoms with van der Waals surface area (Å²) in [6.07, 6.45) is 0. The summed E-state index contributed by atoms with van der Waals surface area (Å²) in [7, 11) is 1.73. The summed E-state index contributed by atoms with van der Waals surface area (Å²) in [5.41, 5.74) is 2.55. The molecule has 0 saturated carbocycles. The van der Waals surface area contributed by atoms with Crippen molar-refractivity contribution in [1.29, 1.82) is 0 Å². The van der Waals surface area contributed by atoms with Crippen molar-refractivity contribution in [3.05, 3.63) is 29.3 Å². The highest BCUT2D eigenvalue weighted by atomic mass is 16.5. The normalized spacial score (nSPS) is 10.7. The smallest absolute Gasteiger partial charge is 0.123 e. The molecular weight excluding hydrogens is 186 g/mol. The van der Waals surface area contributed by atoms with Gasteiger partial charge in [-0.2, -0.15) is 0 Å². The molecule has 0 spiro atoms. The van der Waals surface area contributed by atoms with Crippen molar-refractivity contribution in [1.82, 2.24) is 5.32 Å². The lowest BCUT2D eigenvalue weighted by Gasteiger charge is -2.12. The molecule has 0 fully saturated rings. The zero-order chi connectivity index (χ0) is 11.3. The minimum Gasteiger partial charge on any atom is -0.496 e. The molecule has 15 heavy (non-hydrogen) atoms. The second kappa shape index (κ2) is 5.76. The highest BCUT2D eigenvalue weighted by Crippen LogP contribution is 2.24. The van der Waals surface area contributed by atoms with E-state index in [1.165, 1.54) is 11.1 Å². The van der Waals surface area contributed by atoms with Crippen LogP contribution in [0.3, 0.4) is 0 Å². The Kier molecular flexibility index (Phi) is 4.63. The summed E-state index contributed by atoms with van der Waals surface area (Å²) in [6.45, 7) is 8.35. The molecular formula is C13H21NO. The molecule has 0 aromatic heterocycles. The average Bonchev–Trinajstić information content (AvgIpc) is 2.25. The Morgan fingerprint density at radius 3 is 2.60 bits per heavy atom. The number of methoxy groups -OCH3 is 1. The largest absolute Gasteiger partial charge is 0.496 e. The van der Waals surface area contributed by atoms with E-state index in [9.17, 15) is 0 Å². The van der Waals surface area contributed by atoms with Crippen LogP contribution in [0, 0.1) is 0 Å². The number of hydrogen-bond acceptors (Lipinski definition) is 2. The second-order valence-electron chi connectivity index (χ2n) is 4.01. The van der Waals surface area contributed by atoms with Gasteiger partial charge in [-0.15, -0.1) is 0 Å².